The molecule has 0 bridgehead atoms. The zero-order chi connectivity index (χ0) is 25.8. The quantitative estimate of drug-likeness (QED) is 0.311. The van der Waals surface area contributed by atoms with Gasteiger partial charge in [0.15, 0.2) is 5.01 Å². The number of benzene rings is 1. The second-order valence-corrected chi connectivity index (χ2v) is 8.60. The Labute approximate surface area is 204 Å². The topological polar surface area (TPSA) is 114 Å². The second-order valence-electron chi connectivity index (χ2n) is 7.27. The maximum Gasteiger partial charge on any atom is 0.389 e. The van der Waals surface area contributed by atoms with E-state index in [0.717, 1.165) is 23.6 Å². The van der Waals surface area contributed by atoms with Gasteiger partial charge < -0.3 is 15.1 Å². The molecule has 2 N–H and O–H groups in total. The van der Waals surface area contributed by atoms with Crippen LogP contribution in [0.4, 0.5) is 17.6 Å². The Kier molecular flexibility index (Phi) is 8.22. The van der Waals surface area contributed by atoms with Crippen LogP contribution < -0.4 is 10.6 Å². The maximum atomic E-state index is 14.0. The number of oxazole rings is 1. The number of hydrogen-bond acceptors (Lipinski definition) is 7. The van der Waals surface area contributed by atoms with Gasteiger partial charge in [0.05, 0.1) is 17.8 Å². The second kappa shape index (κ2) is 11.0. The van der Waals surface area contributed by atoms with Crippen LogP contribution >= 0.6 is 22.9 Å². The average Bonchev–Trinajstić information content (AvgIpc) is 3.49. The number of hydrogen-bond donors (Lipinski definition) is 2. The highest BCUT2D eigenvalue weighted by Gasteiger charge is 2.33. The van der Waals surface area contributed by atoms with E-state index in [2.05, 4.69) is 20.6 Å². The molecule has 1 aromatic carbocycles. The monoisotopic (exact) mass is 532 g/mol. The number of alkyl halides is 3. The Morgan fingerprint density at radius 2 is 1.94 bits per heavy atom. The van der Waals surface area contributed by atoms with Gasteiger partial charge in [-0.05, 0) is 31.5 Å². The largest absolute Gasteiger partial charge is 0.431 e. The number of Topliss-reactive ketones (excluding diaryl/α,β-unsaturated/α-hetero) is 1. The Bertz CT molecular complexity index is 1220. The van der Waals surface area contributed by atoms with Gasteiger partial charge in [0, 0.05) is 23.0 Å². The lowest BCUT2D eigenvalue weighted by molar-refractivity contribution is -0.137. The van der Waals surface area contributed by atoms with E-state index in [-0.39, 0.29) is 27.2 Å². The van der Waals surface area contributed by atoms with Gasteiger partial charge in [-0.25, -0.2) is 14.4 Å². The minimum Gasteiger partial charge on any atom is -0.431 e. The van der Waals surface area contributed by atoms with Crippen LogP contribution in [0, 0.1) is 5.82 Å². The minimum atomic E-state index is -4.54. The number of aromatic nitrogens is 2. The van der Waals surface area contributed by atoms with E-state index in [1.54, 1.807) is 0 Å². The predicted molar refractivity (Wildman–Crippen MR) is 117 cm³/mol. The van der Waals surface area contributed by atoms with Crippen molar-refractivity contribution in [2.24, 2.45) is 0 Å². The summed E-state index contributed by atoms with van der Waals surface area (Å²) >= 11 is 6.76. The summed E-state index contributed by atoms with van der Waals surface area (Å²) in [4.78, 5) is 45.1. The lowest BCUT2D eigenvalue weighted by atomic mass is 10.1. The van der Waals surface area contributed by atoms with Crippen molar-refractivity contribution in [2.75, 3.05) is 0 Å². The molecule has 3 rings (SSSR count). The zero-order valence-electron chi connectivity index (χ0n) is 17.9. The van der Waals surface area contributed by atoms with Crippen molar-refractivity contribution < 1.29 is 36.4 Å². The third-order valence-corrected chi connectivity index (χ3v) is 5.64. The van der Waals surface area contributed by atoms with Crippen molar-refractivity contribution in [3.8, 4) is 11.5 Å². The standard InChI is InChI=1S/C21H17ClF4N4O4S/c1-10(17(32)30-14(4-5-21(24,25)26)16(31)20-27-6-7-35-20)29-18(33)15-9-28-19(34-15)12-8-11(22)2-3-13(12)23/h2-3,6-10,14H,4-5H2,1H3,(H,29,33)(H,30,32)/t10-,14-/m0/s1. The maximum absolute atomic E-state index is 14.0. The summed E-state index contributed by atoms with van der Waals surface area (Å²) in [5.41, 5.74) is -0.0875. The van der Waals surface area contributed by atoms with Crippen molar-refractivity contribution in [2.45, 2.75) is 38.0 Å². The van der Waals surface area contributed by atoms with Crippen LogP contribution in [0.25, 0.3) is 11.5 Å². The average molecular weight is 533 g/mol. The molecule has 0 radical (unpaired) electrons. The summed E-state index contributed by atoms with van der Waals surface area (Å²) in [5.74, 6) is -3.85. The Balaban J connectivity index is 1.66. The van der Waals surface area contributed by atoms with Crippen LogP contribution in [0.1, 0.15) is 40.1 Å². The molecule has 0 aliphatic rings. The molecule has 0 saturated heterocycles. The van der Waals surface area contributed by atoms with E-state index in [9.17, 15) is 31.9 Å². The van der Waals surface area contributed by atoms with Gasteiger partial charge in [-0.3, -0.25) is 14.4 Å². The zero-order valence-corrected chi connectivity index (χ0v) is 19.4. The molecular weight excluding hydrogens is 516 g/mol. The lowest BCUT2D eigenvalue weighted by Gasteiger charge is -2.20. The molecule has 0 aliphatic heterocycles. The summed E-state index contributed by atoms with van der Waals surface area (Å²) in [7, 11) is 0. The Hall–Kier alpha value is -3.32. The fraction of sp³-hybridized carbons (Fsp3) is 0.286. The number of ketones is 1. The predicted octanol–water partition coefficient (Wildman–Crippen LogP) is 4.42. The van der Waals surface area contributed by atoms with Crippen molar-refractivity contribution in [3.05, 3.63) is 57.6 Å². The molecule has 2 aromatic heterocycles. The van der Waals surface area contributed by atoms with Crippen LogP contribution in [-0.2, 0) is 4.79 Å². The highest BCUT2D eigenvalue weighted by atomic mass is 35.5. The number of halogens is 5. The first-order valence-electron chi connectivity index (χ1n) is 9.97. The molecule has 186 valence electrons. The van der Waals surface area contributed by atoms with Crippen LogP contribution in [0.3, 0.4) is 0 Å². The van der Waals surface area contributed by atoms with E-state index in [1.165, 1.54) is 30.6 Å². The summed E-state index contributed by atoms with van der Waals surface area (Å²) in [5, 5.41) is 6.14. The van der Waals surface area contributed by atoms with E-state index in [0.29, 0.717) is 0 Å². The molecule has 2 amide bonds. The molecule has 2 heterocycles. The molecule has 0 aliphatic carbocycles. The third kappa shape index (κ3) is 7.09. The highest BCUT2D eigenvalue weighted by molar-refractivity contribution is 7.11. The number of thiazole rings is 1. The summed E-state index contributed by atoms with van der Waals surface area (Å²) in [6, 6.07) is 0.893. The molecule has 14 heteroatoms. The van der Waals surface area contributed by atoms with Gasteiger partial charge in [0.1, 0.15) is 11.9 Å². The lowest BCUT2D eigenvalue weighted by Crippen LogP contribution is -2.50. The number of nitrogens with zero attached hydrogens (tertiary/aromatic N) is 2. The van der Waals surface area contributed by atoms with Crippen molar-refractivity contribution >= 4 is 40.5 Å². The molecular formula is C21H17ClF4N4O4S. The van der Waals surface area contributed by atoms with Crippen LogP contribution in [0.2, 0.25) is 5.02 Å². The number of nitrogens with one attached hydrogen (secondary N) is 2. The van der Waals surface area contributed by atoms with Gasteiger partial charge in [0.25, 0.3) is 5.91 Å². The summed E-state index contributed by atoms with van der Waals surface area (Å²) in [6.07, 6.45) is -4.24. The summed E-state index contributed by atoms with van der Waals surface area (Å²) in [6.45, 7) is 1.26. The molecule has 2 atom stereocenters. The van der Waals surface area contributed by atoms with E-state index in [1.807, 2.05) is 0 Å². The number of amides is 2. The highest BCUT2D eigenvalue weighted by Crippen LogP contribution is 2.26. The first kappa shape index (κ1) is 26.3. The molecule has 0 saturated carbocycles. The molecule has 35 heavy (non-hydrogen) atoms. The van der Waals surface area contributed by atoms with Crippen molar-refractivity contribution in [1.29, 1.82) is 0 Å². The van der Waals surface area contributed by atoms with Crippen molar-refractivity contribution in [1.82, 2.24) is 20.6 Å². The van der Waals surface area contributed by atoms with E-state index in [4.69, 9.17) is 16.0 Å². The van der Waals surface area contributed by atoms with Crippen molar-refractivity contribution in [3.63, 3.8) is 0 Å². The smallest absolute Gasteiger partial charge is 0.389 e. The van der Waals surface area contributed by atoms with Gasteiger partial charge >= 0.3 is 6.18 Å². The van der Waals surface area contributed by atoms with Crippen LogP contribution in [0.15, 0.2) is 40.4 Å². The first-order chi connectivity index (χ1) is 16.4. The minimum absolute atomic E-state index is 0.0587. The third-order valence-electron chi connectivity index (χ3n) is 4.62. The van der Waals surface area contributed by atoms with Gasteiger partial charge in [-0.2, -0.15) is 13.2 Å². The van der Waals surface area contributed by atoms with Gasteiger partial charge in [0.2, 0.25) is 23.3 Å². The van der Waals surface area contributed by atoms with E-state index >= 15 is 0 Å². The Morgan fingerprint density at radius 3 is 2.60 bits per heavy atom. The van der Waals surface area contributed by atoms with E-state index < -0.39 is 54.5 Å². The molecule has 8 nitrogen and oxygen atoms in total. The fourth-order valence-electron chi connectivity index (χ4n) is 2.87. The Morgan fingerprint density at radius 1 is 1.20 bits per heavy atom. The number of carbonyl (C=O) groups is 3. The number of carbonyl (C=O) groups excluding carboxylic acids is 3. The molecule has 0 unspecified atom stereocenters. The van der Waals surface area contributed by atoms with Gasteiger partial charge in [-0.15, -0.1) is 11.3 Å². The fourth-order valence-corrected chi connectivity index (χ4v) is 3.67. The number of rotatable bonds is 9. The first-order valence-corrected chi connectivity index (χ1v) is 11.2. The van der Waals surface area contributed by atoms with Crippen LogP contribution in [0.5, 0.6) is 0 Å². The SMILES string of the molecule is C[C@H](NC(=O)c1cnc(-c2cc(Cl)ccc2F)o1)C(=O)N[C@@H](CCC(F)(F)F)C(=O)c1nccs1. The summed E-state index contributed by atoms with van der Waals surface area (Å²) < 4.78 is 57.4. The molecule has 0 spiro atoms. The normalized spacial score (nSPS) is 13.2. The van der Waals surface area contributed by atoms with Gasteiger partial charge in [-0.1, -0.05) is 11.6 Å². The molecule has 0 fully saturated rings. The molecule has 3 aromatic rings. The van der Waals surface area contributed by atoms with Crippen LogP contribution in [-0.4, -0.2) is 45.8 Å².